The number of phenolic OH excluding ortho intramolecular Hbond substituents is 1. The maximum atomic E-state index is 9.68. The number of rotatable bonds is 3. The molecule has 0 spiro atoms. The Morgan fingerprint density at radius 1 is 1.20 bits per heavy atom. The molecule has 0 aliphatic heterocycles. The molecule has 20 heavy (non-hydrogen) atoms. The SMILES string of the molecule is C=C(C)C(=O)O.CCC(O)C(=O)O.Oc1ccccc1. The van der Waals surface area contributed by atoms with Crippen LogP contribution in [0.4, 0.5) is 0 Å². The summed E-state index contributed by atoms with van der Waals surface area (Å²) in [7, 11) is 0. The fourth-order valence-electron chi connectivity index (χ4n) is 0.603. The van der Waals surface area contributed by atoms with Crippen molar-refractivity contribution in [3.8, 4) is 5.75 Å². The van der Waals surface area contributed by atoms with Crippen molar-refractivity contribution in [2.24, 2.45) is 0 Å². The van der Waals surface area contributed by atoms with Gasteiger partial charge in [0.05, 0.1) is 0 Å². The molecule has 0 aromatic heterocycles. The molecule has 1 unspecified atom stereocenters. The van der Waals surface area contributed by atoms with Crippen molar-refractivity contribution in [3.05, 3.63) is 42.5 Å². The summed E-state index contributed by atoms with van der Waals surface area (Å²) < 4.78 is 0. The Bertz CT molecular complexity index is 401. The van der Waals surface area contributed by atoms with Gasteiger partial charge in [0.25, 0.3) is 0 Å². The van der Waals surface area contributed by atoms with E-state index >= 15 is 0 Å². The highest BCUT2D eigenvalue weighted by atomic mass is 16.4. The molecule has 0 aliphatic carbocycles. The van der Waals surface area contributed by atoms with E-state index in [1.165, 1.54) is 6.92 Å². The number of hydrogen-bond donors (Lipinski definition) is 4. The molecule has 1 aromatic carbocycles. The van der Waals surface area contributed by atoms with E-state index in [0.29, 0.717) is 5.75 Å². The normalized spacial score (nSPS) is 9.95. The van der Waals surface area contributed by atoms with E-state index in [2.05, 4.69) is 6.58 Å². The first-order valence-electron chi connectivity index (χ1n) is 5.76. The van der Waals surface area contributed by atoms with Crippen LogP contribution in [0, 0.1) is 0 Å². The molecule has 0 fully saturated rings. The Hall–Kier alpha value is -2.34. The number of carbonyl (C=O) groups is 2. The highest BCUT2D eigenvalue weighted by Gasteiger charge is 2.07. The topological polar surface area (TPSA) is 115 Å². The van der Waals surface area contributed by atoms with E-state index in [1.54, 1.807) is 31.2 Å². The summed E-state index contributed by atoms with van der Waals surface area (Å²) in [5.41, 5.74) is 0.176. The van der Waals surface area contributed by atoms with Gasteiger partial charge in [-0.15, -0.1) is 0 Å². The van der Waals surface area contributed by atoms with Crippen LogP contribution < -0.4 is 0 Å². The van der Waals surface area contributed by atoms with Gasteiger partial charge in [0.15, 0.2) is 6.10 Å². The Morgan fingerprint density at radius 3 is 1.70 bits per heavy atom. The predicted octanol–water partition coefficient (Wildman–Crippen LogP) is 1.88. The number of benzene rings is 1. The Morgan fingerprint density at radius 2 is 1.60 bits per heavy atom. The number of aliphatic carboxylic acids is 2. The average molecular weight is 284 g/mol. The van der Waals surface area contributed by atoms with Crippen LogP contribution in [0.5, 0.6) is 5.75 Å². The van der Waals surface area contributed by atoms with Crippen molar-refractivity contribution in [1.29, 1.82) is 0 Å². The fourth-order valence-corrected chi connectivity index (χ4v) is 0.603. The number of aromatic hydroxyl groups is 1. The number of carboxylic acid groups (broad SMARTS) is 2. The van der Waals surface area contributed by atoms with Crippen LogP contribution in [0.15, 0.2) is 42.5 Å². The molecule has 0 radical (unpaired) electrons. The van der Waals surface area contributed by atoms with Gasteiger partial charge in [0, 0.05) is 5.57 Å². The van der Waals surface area contributed by atoms with Crippen molar-refractivity contribution < 1.29 is 30.0 Å². The van der Waals surface area contributed by atoms with Gasteiger partial charge < -0.3 is 20.4 Å². The lowest BCUT2D eigenvalue weighted by Gasteiger charge is -1.95. The monoisotopic (exact) mass is 284 g/mol. The lowest BCUT2D eigenvalue weighted by atomic mass is 10.3. The third kappa shape index (κ3) is 13.7. The molecule has 1 rings (SSSR count). The summed E-state index contributed by atoms with van der Waals surface area (Å²) in [6.07, 6.45) is -0.907. The van der Waals surface area contributed by atoms with Gasteiger partial charge in [0.2, 0.25) is 0 Å². The molecule has 6 heteroatoms. The summed E-state index contributed by atoms with van der Waals surface area (Å²) in [4.78, 5) is 19.3. The summed E-state index contributed by atoms with van der Waals surface area (Å²) in [6.45, 7) is 6.21. The molecule has 0 amide bonds. The Balaban J connectivity index is 0. The molecule has 0 aliphatic rings. The van der Waals surface area contributed by atoms with Gasteiger partial charge >= 0.3 is 11.9 Å². The summed E-state index contributed by atoms with van der Waals surface area (Å²) in [6, 6.07) is 8.71. The average Bonchev–Trinajstić information content (AvgIpc) is 2.39. The first-order valence-corrected chi connectivity index (χ1v) is 5.76. The van der Waals surface area contributed by atoms with Gasteiger partial charge in [-0.25, -0.2) is 9.59 Å². The molecule has 0 saturated heterocycles. The minimum Gasteiger partial charge on any atom is -0.508 e. The second-order valence-corrected chi connectivity index (χ2v) is 3.68. The molecule has 6 nitrogen and oxygen atoms in total. The quantitative estimate of drug-likeness (QED) is 0.630. The highest BCUT2D eigenvalue weighted by Crippen LogP contribution is 2.02. The molecule has 0 bridgehead atoms. The maximum absolute atomic E-state index is 9.68. The first-order chi connectivity index (χ1) is 9.22. The van der Waals surface area contributed by atoms with Gasteiger partial charge in [-0.2, -0.15) is 0 Å². The van der Waals surface area contributed by atoms with Crippen LogP contribution in [0.3, 0.4) is 0 Å². The maximum Gasteiger partial charge on any atom is 0.332 e. The van der Waals surface area contributed by atoms with Crippen LogP contribution >= 0.6 is 0 Å². The van der Waals surface area contributed by atoms with E-state index in [1.807, 2.05) is 6.07 Å². The van der Waals surface area contributed by atoms with E-state index in [0.717, 1.165) is 0 Å². The molecule has 112 valence electrons. The molecule has 1 aromatic rings. The Kier molecular flexibility index (Phi) is 11.7. The molecular formula is C14H20O6. The lowest BCUT2D eigenvalue weighted by molar-refractivity contribution is -0.146. The minimum absolute atomic E-state index is 0.176. The Labute approximate surface area is 117 Å². The summed E-state index contributed by atoms with van der Waals surface area (Å²) >= 11 is 0. The van der Waals surface area contributed by atoms with Crippen LogP contribution in [0.1, 0.15) is 20.3 Å². The zero-order valence-corrected chi connectivity index (χ0v) is 11.5. The molecule has 4 N–H and O–H groups in total. The van der Waals surface area contributed by atoms with Crippen LogP contribution in [-0.2, 0) is 9.59 Å². The predicted molar refractivity (Wildman–Crippen MR) is 74.5 cm³/mol. The van der Waals surface area contributed by atoms with Crippen molar-refractivity contribution in [2.45, 2.75) is 26.4 Å². The van der Waals surface area contributed by atoms with Gasteiger partial charge in [0.1, 0.15) is 5.75 Å². The number of phenols is 1. The zero-order valence-electron chi connectivity index (χ0n) is 11.5. The van der Waals surface area contributed by atoms with Crippen LogP contribution in [0.2, 0.25) is 0 Å². The molecule has 0 saturated carbocycles. The van der Waals surface area contributed by atoms with Gasteiger partial charge in [-0.1, -0.05) is 31.7 Å². The van der Waals surface area contributed by atoms with Crippen molar-refractivity contribution >= 4 is 11.9 Å². The summed E-state index contributed by atoms with van der Waals surface area (Å²) in [5, 5.41) is 32.8. The van der Waals surface area contributed by atoms with Gasteiger partial charge in [-0.05, 0) is 25.5 Å². The van der Waals surface area contributed by atoms with Crippen molar-refractivity contribution in [3.63, 3.8) is 0 Å². The van der Waals surface area contributed by atoms with E-state index < -0.39 is 18.0 Å². The van der Waals surface area contributed by atoms with Crippen molar-refractivity contribution in [2.75, 3.05) is 0 Å². The number of hydrogen-bond acceptors (Lipinski definition) is 4. The molecule has 0 heterocycles. The molecule has 1 atom stereocenters. The lowest BCUT2D eigenvalue weighted by Crippen LogP contribution is -2.17. The number of carboxylic acids is 2. The van der Waals surface area contributed by atoms with E-state index in [4.69, 9.17) is 20.4 Å². The second kappa shape index (κ2) is 11.7. The van der Waals surface area contributed by atoms with E-state index in [9.17, 15) is 9.59 Å². The van der Waals surface area contributed by atoms with E-state index in [-0.39, 0.29) is 12.0 Å². The second-order valence-electron chi connectivity index (χ2n) is 3.68. The zero-order chi connectivity index (χ0) is 16.1. The first kappa shape index (κ1) is 20.0. The summed E-state index contributed by atoms with van der Waals surface area (Å²) in [5.74, 6) is -1.76. The van der Waals surface area contributed by atoms with Gasteiger partial charge in [-0.3, -0.25) is 0 Å². The third-order valence-electron chi connectivity index (χ3n) is 1.79. The third-order valence-corrected chi connectivity index (χ3v) is 1.79. The number of aliphatic hydroxyl groups is 1. The number of para-hydroxylation sites is 1. The van der Waals surface area contributed by atoms with Crippen molar-refractivity contribution in [1.82, 2.24) is 0 Å². The standard InChI is InChI=1S/C6H6O.C4H8O3.C4H6O2/c7-6-4-2-1-3-5-6;1-2-3(5)4(6)7;1-3(2)4(5)6/h1-5,7H;3,5H,2H2,1H3,(H,6,7);1H2,2H3,(H,5,6). The smallest absolute Gasteiger partial charge is 0.332 e. The minimum atomic E-state index is -1.18. The van der Waals surface area contributed by atoms with Crippen LogP contribution in [-0.4, -0.2) is 38.5 Å². The van der Waals surface area contributed by atoms with Crippen LogP contribution in [0.25, 0.3) is 0 Å². The fraction of sp³-hybridized carbons (Fsp3) is 0.286. The highest BCUT2D eigenvalue weighted by molar-refractivity contribution is 5.84. The molecular weight excluding hydrogens is 264 g/mol. The largest absolute Gasteiger partial charge is 0.508 e. The number of aliphatic hydroxyl groups excluding tert-OH is 1.